The van der Waals surface area contributed by atoms with E-state index in [1.165, 1.54) is 5.56 Å². The van der Waals surface area contributed by atoms with Gasteiger partial charge in [-0.1, -0.05) is 30.3 Å². The minimum Gasteiger partial charge on any atom is -0.365 e. The number of nitrogens with zero attached hydrogens (tertiary/aromatic N) is 2. The molecule has 1 aliphatic heterocycles. The molecule has 0 radical (unpaired) electrons. The van der Waals surface area contributed by atoms with Crippen LogP contribution in [0.4, 0.5) is 0 Å². The number of nitrogens with one attached hydrogen (secondary N) is 2. The Morgan fingerprint density at radius 2 is 2.06 bits per heavy atom. The number of thiocarbonyl (C=S) groups is 1. The van der Waals surface area contributed by atoms with Crippen LogP contribution in [0.5, 0.6) is 0 Å². The van der Waals surface area contributed by atoms with Gasteiger partial charge in [-0.25, -0.2) is 0 Å². The first-order chi connectivity index (χ1) is 8.22. The van der Waals surface area contributed by atoms with E-state index in [4.69, 9.17) is 17.6 Å². The monoisotopic (exact) mass is 248 g/mol. The lowest BCUT2D eigenvalue weighted by Crippen LogP contribution is -2.41. The maximum Gasteiger partial charge on any atom is 0.200 e. The maximum atomic E-state index is 8.07. The Labute approximate surface area is 107 Å². The van der Waals surface area contributed by atoms with Crippen LogP contribution in [0.15, 0.2) is 30.3 Å². The molecule has 0 spiro atoms. The number of rotatable bonds is 2. The van der Waals surface area contributed by atoms with E-state index >= 15 is 0 Å². The predicted molar refractivity (Wildman–Crippen MR) is 72.9 cm³/mol. The Hall–Kier alpha value is -1.62. The zero-order valence-electron chi connectivity index (χ0n) is 9.81. The Balaban J connectivity index is 2.01. The maximum absolute atomic E-state index is 8.07. The fourth-order valence-electron chi connectivity index (χ4n) is 1.89. The molecule has 1 aromatic rings. The van der Waals surface area contributed by atoms with Gasteiger partial charge in [0.05, 0.1) is 0 Å². The summed E-state index contributed by atoms with van der Waals surface area (Å²) in [6.07, 6.45) is 0. The van der Waals surface area contributed by atoms with Gasteiger partial charge in [-0.05, 0) is 17.8 Å². The van der Waals surface area contributed by atoms with Gasteiger partial charge in [0, 0.05) is 26.7 Å². The van der Waals surface area contributed by atoms with E-state index in [2.05, 4.69) is 17.4 Å². The average molecular weight is 248 g/mol. The van der Waals surface area contributed by atoms with Crippen molar-refractivity contribution in [3.05, 3.63) is 35.9 Å². The van der Waals surface area contributed by atoms with Crippen LogP contribution in [0.2, 0.25) is 0 Å². The highest BCUT2D eigenvalue weighted by Crippen LogP contribution is 2.12. The second kappa shape index (κ2) is 5.14. The van der Waals surface area contributed by atoms with Gasteiger partial charge in [-0.3, -0.25) is 10.3 Å². The van der Waals surface area contributed by atoms with Crippen molar-refractivity contribution in [1.29, 1.82) is 5.41 Å². The van der Waals surface area contributed by atoms with Crippen LogP contribution in [-0.4, -0.2) is 41.0 Å². The largest absolute Gasteiger partial charge is 0.365 e. The minimum absolute atomic E-state index is 0.480. The molecule has 1 heterocycles. The highest BCUT2D eigenvalue weighted by molar-refractivity contribution is 7.80. The molecule has 1 fully saturated rings. The zero-order valence-corrected chi connectivity index (χ0v) is 10.6. The van der Waals surface area contributed by atoms with Crippen molar-refractivity contribution >= 4 is 23.3 Å². The Kier molecular flexibility index (Phi) is 3.58. The van der Waals surface area contributed by atoms with E-state index in [9.17, 15) is 0 Å². The number of hydrogen-bond acceptors (Lipinski definition) is 2. The van der Waals surface area contributed by atoms with Gasteiger partial charge in [0.15, 0.2) is 11.1 Å². The molecule has 0 aromatic heterocycles. The molecule has 4 nitrogen and oxygen atoms in total. The molecule has 1 saturated heterocycles. The third-order valence-corrected chi connectivity index (χ3v) is 3.25. The second-order valence-electron chi connectivity index (χ2n) is 3.94. The van der Waals surface area contributed by atoms with Crippen LogP contribution in [0.25, 0.3) is 0 Å². The van der Waals surface area contributed by atoms with Crippen molar-refractivity contribution < 1.29 is 0 Å². The Morgan fingerprint density at radius 1 is 1.35 bits per heavy atom. The van der Waals surface area contributed by atoms with Gasteiger partial charge in [0.25, 0.3) is 0 Å². The Bertz CT molecular complexity index is 418. The van der Waals surface area contributed by atoms with Crippen molar-refractivity contribution in [2.75, 3.05) is 20.1 Å². The lowest BCUT2D eigenvalue weighted by atomic mass is 10.2. The molecule has 5 heteroatoms. The SMILES string of the molecule is CNC(=S)N1CCN(Cc2ccccc2)C1=N. The van der Waals surface area contributed by atoms with Crippen LogP contribution in [0.3, 0.4) is 0 Å². The normalized spacial score (nSPS) is 15.2. The number of guanidine groups is 1. The van der Waals surface area contributed by atoms with Crippen LogP contribution in [0.1, 0.15) is 5.56 Å². The highest BCUT2D eigenvalue weighted by Gasteiger charge is 2.27. The fraction of sp³-hybridized carbons (Fsp3) is 0.333. The van der Waals surface area contributed by atoms with Crippen LogP contribution < -0.4 is 5.32 Å². The van der Waals surface area contributed by atoms with E-state index in [1.54, 1.807) is 7.05 Å². The molecule has 2 rings (SSSR count). The minimum atomic E-state index is 0.480. The van der Waals surface area contributed by atoms with Gasteiger partial charge >= 0.3 is 0 Å². The first kappa shape index (κ1) is 11.9. The van der Waals surface area contributed by atoms with Crippen LogP contribution in [-0.2, 0) is 6.54 Å². The first-order valence-corrected chi connectivity index (χ1v) is 6.00. The highest BCUT2D eigenvalue weighted by atomic mass is 32.1. The summed E-state index contributed by atoms with van der Waals surface area (Å²) >= 11 is 5.16. The van der Waals surface area contributed by atoms with Gasteiger partial charge in [-0.2, -0.15) is 0 Å². The lowest BCUT2D eigenvalue weighted by molar-refractivity contribution is 0.454. The molecular formula is C12H16N4S. The summed E-state index contributed by atoms with van der Waals surface area (Å²) in [5, 5.41) is 11.6. The average Bonchev–Trinajstić information content (AvgIpc) is 2.72. The third kappa shape index (κ3) is 2.55. The van der Waals surface area contributed by atoms with Crippen molar-refractivity contribution in [2.24, 2.45) is 0 Å². The molecule has 0 amide bonds. The predicted octanol–water partition coefficient (Wildman–Crippen LogP) is 1.24. The lowest BCUT2D eigenvalue weighted by Gasteiger charge is -2.21. The summed E-state index contributed by atoms with van der Waals surface area (Å²) in [6.45, 7) is 2.39. The number of hydrogen-bond donors (Lipinski definition) is 2. The molecule has 17 heavy (non-hydrogen) atoms. The molecular weight excluding hydrogens is 232 g/mol. The van der Waals surface area contributed by atoms with E-state index < -0.39 is 0 Å². The van der Waals surface area contributed by atoms with Crippen molar-refractivity contribution in [3.8, 4) is 0 Å². The van der Waals surface area contributed by atoms with Crippen molar-refractivity contribution in [2.45, 2.75) is 6.54 Å². The van der Waals surface area contributed by atoms with Crippen molar-refractivity contribution in [1.82, 2.24) is 15.1 Å². The van der Waals surface area contributed by atoms with Gasteiger partial charge in [0.1, 0.15) is 0 Å². The van der Waals surface area contributed by atoms with Gasteiger partial charge in [0.2, 0.25) is 0 Å². The standard InChI is InChI=1S/C12H16N4S/c1-14-12(17)16-8-7-15(11(16)13)9-10-5-3-2-4-6-10/h2-6,13H,7-9H2,1H3,(H,14,17). The molecule has 0 unspecified atom stereocenters. The smallest absolute Gasteiger partial charge is 0.200 e. The molecule has 0 atom stereocenters. The summed E-state index contributed by atoms with van der Waals surface area (Å²) in [5.41, 5.74) is 1.22. The molecule has 1 aliphatic rings. The molecule has 1 aromatic carbocycles. The number of benzene rings is 1. The summed E-state index contributed by atoms with van der Waals surface area (Å²) in [6, 6.07) is 10.2. The molecule has 90 valence electrons. The Morgan fingerprint density at radius 3 is 2.71 bits per heavy atom. The summed E-state index contributed by atoms with van der Waals surface area (Å²) in [4.78, 5) is 3.84. The molecule has 0 saturated carbocycles. The molecule has 0 aliphatic carbocycles. The van der Waals surface area contributed by atoms with E-state index in [-0.39, 0.29) is 0 Å². The van der Waals surface area contributed by atoms with Crippen LogP contribution in [0, 0.1) is 5.41 Å². The van der Waals surface area contributed by atoms with E-state index in [1.807, 2.05) is 28.0 Å². The van der Waals surface area contributed by atoms with Gasteiger partial charge < -0.3 is 10.2 Å². The molecule has 0 bridgehead atoms. The summed E-state index contributed by atoms with van der Waals surface area (Å²) in [5.74, 6) is 0.480. The fourth-order valence-corrected chi connectivity index (χ4v) is 2.07. The topological polar surface area (TPSA) is 42.4 Å². The van der Waals surface area contributed by atoms with Crippen molar-refractivity contribution in [3.63, 3.8) is 0 Å². The van der Waals surface area contributed by atoms with Crippen LogP contribution >= 0.6 is 12.2 Å². The second-order valence-corrected chi connectivity index (χ2v) is 4.32. The summed E-state index contributed by atoms with van der Waals surface area (Å²) in [7, 11) is 1.79. The third-order valence-electron chi connectivity index (χ3n) is 2.82. The zero-order chi connectivity index (χ0) is 12.3. The van der Waals surface area contributed by atoms with Gasteiger partial charge in [-0.15, -0.1) is 0 Å². The molecule has 2 N–H and O–H groups in total. The quantitative estimate of drug-likeness (QED) is 0.773. The van der Waals surface area contributed by atoms with E-state index in [0.717, 1.165) is 19.6 Å². The van der Waals surface area contributed by atoms with E-state index in [0.29, 0.717) is 11.1 Å². The summed E-state index contributed by atoms with van der Waals surface area (Å²) < 4.78 is 0. The first-order valence-electron chi connectivity index (χ1n) is 5.59.